The maximum atomic E-state index is 6.09. The minimum absolute atomic E-state index is 0.813. The van der Waals surface area contributed by atoms with Gasteiger partial charge in [-0.25, -0.2) is 0 Å². The van der Waals surface area contributed by atoms with Crippen LogP contribution in [0.2, 0.25) is 5.02 Å². The summed E-state index contributed by atoms with van der Waals surface area (Å²) in [4.78, 5) is 0. The average Bonchev–Trinajstić information content (AvgIpc) is 2.39. The molecule has 0 aliphatic heterocycles. The predicted molar refractivity (Wildman–Crippen MR) is 81.6 cm³/mol. The topological polar surface area (TPSA) is 21.3 Å². The number of hydrogen-bond acceptors (Lipinski definition) is 3. The predicted octanol–water partition coefficient (Wildman–Crippen LogP) is 3.59. The maximum absolute atomic E-state index is 6.09. The molecule has 0 spiro atoms. The van der Waals surface area contributed by atoms with Crippen molar-refractivity contribution in [3.63, 3.8) is 0 Å². The summed E-state index contributed by atoms with van der Waals surface area (Å²) in [7, 11) is 0. The molecule has 0 bridgehead atoms. The molecule has 0 radical (unpaired) electrons. The first-order valence-corrected chi connectivity index (χ1v) is 7.97. The lowest BCUT2D eigenvalue weighted by Crippen LogP contribution is -2.19. The van der Waals surface area contributed by atoms with Gasteiger partial charge in [0.15, 0.2) is 0 Å². The first kappa shape index (κ1) is 15.8. The fourth-order valence-corrected chi connectivity index (χ4v) is 2.70. The molecule has 2 nitrogen and oxygen atoms in total. The highest BCUT2D eigenvalue weighted by atomic mass is 35.5. The second-order valence-electron chi connectivity index (χ2n) is 3.94. The van der Waals surface area contributed by atoms with Crippen molar-refractivity contribution in [3.8, 4) is 0 Å². The Bertz CT molecular complexity index is 322. The molecule has 0 saturated heterocycles. The van der Waals surface area contributed by atoms with Crippen molar-refractivity contribution >= 4 is 23.4 Å². The molecule has 102 valence electrons. The van der Waals surface area contributed by atoms with E-state index < -0.39 is 0 Å². The molecule has 0 unspecified atom stereocenters. The zero-order chi connectivity index (χ0) is 13.1. The van der Waals surface area contributed by atoms with E-state index in [4.69, 9.17) is 16.3 Å². The zero-order valence-electron chi connectivity index (χ0n) is 11.0. The van der Waals surface area contributed by atoms with E-state index in [0.717, 1.165) is 49.3 Å². The van der Waals surface area contributed by atoms with Crippen LogP contribution >= 0.6 is 23.4 Å². The van der Waals surface area contributed by atoms with E-state index in [0.29, 0.717) is 0 Å². The van der Waals surface area contributed by atoms with Crippen LogP contribution in [0.15, 0.2) is 24.3 Å². The third kappa shape index (κ3) is 7.27. The van der Waals surface area contributed by atoms with E-state index in [2.05, 4.69) is 11.4 Å². The van der Waals surface area contributed by atoms with Gasteiger partial charge in [0, 0.05) is 36.3 Å². The van der Waals surface area contributed by atoms with Gasteiger partial charge in [0.1, 0.15) is 0 Å². The van der Waals surface area contributed by atoms with Crippen molar-refractivity contribution in [1.82, 2.24) is 5.32 Å². The van der Waals surface area contributed by atoms with Gasteiger partial charge in [0.2, 0.25) is 0 Å². The second-order valence-corrected chi connectivity index (χ2v) is 5.46. The number of hydrogen-bond donors (Lipinski definition) is 1. The van der Waals surface area contributed by atoms with E-state index in [-0.39, 0.29) is 0 Å². The standard InChI is InChI=1S/C14H22ClNOS/c1-2-17-10-5-8-16-9-11-18-12-13-6-3-4-7-14(13)15/h3-4,6-7,16H,2,5,8-12H2,1H3. The lowest BCUT2D eigenvalue weighted by molar-refractivity contribution is 0.145. The van der Waals surface area contributed by atoms with E-state index in [9.17, 15) is 0 Å². The molecule has 18 heavy (non-hydrogen) atoms. The zero-order valence-corrected chi connectivity index (χ0v) is 12.5. The fourth-order valence-electron chi connectivity index (χ4n) is 1.51. The Labute approximate surface area is 119 Å². The Kier molecular flexibility index (Phi) is 9.40. The van der Waals surface area contributed by atoms with E-state index in [1.807, 2.05) is 36.9 Å². The van der Waals surface area contributed by atoms with Crippen LogP contribution < -0.4 is 5.32 Å². The summed E-state index contributed by atoms with van der Waals surface area (Å²) < 4.78 is 5.27. The summed E-state index contributed by atoms with van der Waals surface area (Å²) in [5.41, 5.74) is 1.22. The Morgan fingerprint density at radius 1 is 1.28 bits per heavy atom. The van der Waals surface area contributed by atoms with Crippen molar-refractivity contribution in [2.75, 3.05) is 32.1 Å². The number of benzene rings is 1. The molecule has 0 saturated carbocycles. The van der Waals surface area contributed by atoms with Gasteiger partial charge in [-0.3, -0.25) is 0 Å². The summed E-state index contributed by atoms with van der Waals surface area (Å²) >= 11 is 8.00. The highest BCUT2D eigenvalue weighted by Gasteiger charge is 1.98. The van der Waals surface area contributed by atoms with Crippen molar-refractivity contribution in [2.24, 2.45) is 0 Å². The van der Waals surface area contributed by atoms with Crippen LogP contribution in [0.5, 0.6) is 0 Å². The molecule has 0 aliphatic rings. The Morgan fingerprint density at radius 2 is 2.11 bits per heavy atom. The van der Waals surface area contributed by atoms with Crippen LogP contribution in [0.3, 0.4) is 0 Å². The lowest BCUT2D eigenvalue weighted by Gasteiger charge is -2.06. The van der Waals surface area contributed by atoms with Gasteiger partial charge in [-0.2, -0.15) is 11.8 Å². The minimum Gasteiger partial charge on any atom is -0.382 e. The van der Waals surface area contributed by atoms with Crippen molar-refractivity contribution in [3.05, 3.63) is 34.9 Å². The lowest BCUT2D eigenvalue weighted by atomic mass is 10.2. The number of halogens is 1. The summed E-state index contributed by atoms with van der Waals surface area (Å²) in [6, 6.07) is 8.04. The number of ether oxygens (including phenoxy) is 1. The van der Waals surface area contributed by atoms with Gasteiger partial charge in [0.05, 0.1) is 0 Å². The van der Waals surface area contributed by atoms with Crippen LogP contribution in [0.1, 0.15) is 18.9 Å². The third-order valence-corrected chi connectivity index (χ3v) is 3.86. The van der Waals surface area contributed by atoms with E-state index in [1.165, 1.54) is 5.56 Å². The molecule has 4 heteroatoms. The smallest absolute Gasteiger partial charge is 0.0477 e. The first-order valence-electron chi connectivity index (χ1n) is 6.44. The molecule has 0 heterocycles. The van der Waals surface area contributed by atoms with Gasteiger partial charge in [0.25, 0.3) is 0 Å². The molecule has 1 N–H and O–H groups in total. The third-order valence-electron chi connectivity index (χ3n) is 2.48. The highest BCUT2D eigenvalue weighted by Crippen LogP contribution is 2.20. The Morgan fingerprint density at radius 3 is 2.89 bits per heavy atom. The van der Waals surface area contributed by atoms with Crippen molar-refractivity contribution in [2.45, 2.75) is 19.1 Å². The fraction of sp³-hybridized carbons (Fsp3) is 0.571. The molecular formula is C14H22ClNOS. The Balaban J connectivity index is 1.94. The SMILES string of the molecule is CCOCCCNCCSCc1ccccc1Cl. The minimum atomic E-state index is 0.813. The van der Waals surface area contributed by atoms with Gasteiger partial charge in [-0.15, -0.1) is 0 Å². The van der Waals surface area contributed by atoms with Crippen LogP contribution in [0, 0.1) is 0 Å². The number of thioether (sulfide) groups is 1. The van der Waals surface area contributed by atoms with Crippen LogP contribution in [0.25, 0.3) is 0 Å². The first-order chi connectivity index (χ1) is 8.84. The summed E-state index contributed by atoms with van der Waals surface area (Å²) in [6.07, 6.45) is 1.09. The highest BCUT2D eigenvalue weighted by molar-refractivity contribution is 7.98. The summed E-state index contributed by atoms with van der Waals surface area (Å²) in [5, 5.41) is 4.28. The average molecular weight is 288 g/mol. The quantitative estimate of drug-likeness (QED) is 0.665. The molecule has 1 rings (SSSR count). The number of nitrogens with one attached hydrogen (secondary N) is 1. The molecule has 0 aromatic heterocycles. The van der Waals surface area contributed by atoms with Crippen molar-refractivity contribution in [1.29, 1.82) is 0 Å². The van der Waals surface area contributed by atoms with Crippen LogP contribution in [-0.2, 0) is 10.5 Å². The Hall–Kier alpha value is -0.220. The van der Waals surface area contributed by atoms with Gasteiger partial charge in [-0.1, -0.05) is 29.8 Å². The second kappa shape index (κ2) is 10.7. The van der Waals surface area contributed by atoms with E-state index in [1.54, 1.807) is 0 Å². The summed E-state index contributed by atoms with van der Waals surface area (Å²) in [6.45, 7) is 5.77. The van der Waals surface area contributed by atoms with Crippen LogP contribution in [-0.4, -0.2) is 32.1 Å². The molecular weight excluding hydrogens is 266 g/mol. The molecule has 1 aromatic carbocycles. The van der Waals surface area contributed by atoms with Crippen molar-refractivity contribution < 1.29 is 4.74 Å². The van der Waals surface area contributed by atoms with Gasteiger partial charge < -0.3 is 10.1 Å². The maximum Gasteiger partial charge on any atom is 0.0477 e. The summed E-state index contributed by atoms with van der Waals surface area (Å²) in [5.74, 6) is 2.10. The monoisotopic (exact) mass is 287 g/mol. The number of rotatable bonds is 10. The molecule has 0 amide bonds. The largest absolute Gasteiger partial charge is 0.382 e. The molecule has 0 atom stereocenters. The van der Waals surface area contributed by atoms with Gasteiger partial charge in [-0.05, 0) is 31.5 Å². The normalized spacial score (nSPS) is 10.8. The molecule has 0 fully saturated rings. The molecule has 1 aromatic rings. The van der Waals surface area contributed by atoms with Crippen LogP contribution in [0.4, 0.5) is 0 Å². The van der Waals surface area contributed by atoms with E-state index >= 15 is 0 Å². The molecule has 0 aliphatic carbocycles. The van der Waals surface area contributed by atoms with Gasteiger partial charge >= 0.3 is 0 Å².